The van der Waals surface area contributed by atoms with Crippen LogP contribution in [0.4, 0.5) is 5.69 Å². The third-order valence-corrected chi connectivity index (χ3v) is 3.72. The number of benzene rings is 1. The molecular formula is C15H16ClN3O3. The minimum Gasteiger partial charge on any atom is -0.454 e. The summed E-state index contributed by atoms with van der Waals surface area (Å²) < 4.78 is 12.0. The Bertz CT molecular complexity index is 758. The third kappa shape index (κ3) is 2.74. The molecule has 0 atom stereocenters. The summed E-state index contributed by atoms with van der Waals surface area (Å²) in [6.45, 7) is 4.51. The van der Waals surface area contributed by atoms with Crippen molar-refractivity contribution in [3.05, 3.63) is 45.3 Å². The second kappa shape index (κ2) is 5.88. The van der Waals surface area contributed by atoms with Crippen LogP contribution in [-0.4, -0.2) is 16.6 Å². The number of nitrogens with zero attached hydrogens (tertiary/aromatic N) is 2. The molecule has 1 aliphatic heterocycles. The van der Waals surface area contributed by atoms with E-state index in [0.29, 0.717) is 12.2 Å². The quantitative estimate of drug-likeness (QED) is 0.938. The van der Waals surface area contributed by atoms with Crippen molar-refractivity contribution in [3.63, 3.8) is 0 Å². The van der Waals surface area contributed by atoms with Gasteiger partial charge in [0.15, 0.2) is 11.5 Å². The molecule has 6 nitrogen and oxygen atoms in total. The number of fused-ring (bicyclic) bond motifs is 1. The molecule has 0 bridgehead atoms. The van der Waals surface area contributed by atoms with Crippen LogP contribution >= 0.6 is 11.6 Å². The Kier molecular flexibility index (Phi) is 3.94. The molecule has 2 aromatic rings. The van der Waals surface area contributed by atoms with E-state index in [9.17, 15) is 4.79 Å². The van der Waals surface area contributed by atoms with Gasteiger partial charge in [0.25, 0.3) is 5.56 Å². The fourth-order valence-electron chi connectivity index (χ4n) is 2.18. The minimum atomic E-state index is -0.299. The Morgan fingerprint density at radius 2 is 2.14 bits per heavy atom. The van der Waals surface area contributed by atoms with Crippen LogP contribution in [0.15, 0.2) is 29.2 Å². The van der Waals surface area contributed by atoms with Gasteiger partial charge in [-0.3, -0.25) is 4.79 Å². The smallest absolute Gasteiger partial charge is 0.287 e. The van der Waals surface area contributed by atoms with Crippen LogP contribution in [0.1, 0.15) is 25.5 Å². The average Bonchev–Trinajstić information content (AvgIpc) is 2.96. The third-order valence-electron chi connectivity index (χ3n) is 3.35. The molecule has 1 aliphatic rings. The molecule has 22 heavy (non-hydrogen) atoms. The molecule has 0 amide bonds. The second-order valence-electron chi connectivity index (χ2n) is 5.26. The zero-order valence-corrected chi connectivity index (χ0v) is 13.1. The predicted octanol–water partition coefficient (Wildman–Crippen LogP) is 2.82. The van der Waals surface area contributed by atoms with E-state index in [1.54, 1.807) is 6.20 Å². The summed E-state index contributed by atoms with van der Waals surface area (Å²) >= 11 is 6.12. The van der Waals surface area contributed by atoms with E-state index >= 15 is 0 Å². The van der Waals surface area contributed by atoms with Crippen LogP contribution in [-0.2, 0) is 6.54 Å². The highest BCUT2D eigenvalue weighted by atomic mass is 35.5. The van der Waals surface area contributed by atoms with Gasteiger partial charge >= 0.3 is 0 Å². The lowest BCUT2D eigenvalue weighted by molar-refractivity contribution is 0.174. The van der Waals surface area contributed by atoms with Gasteiger partial charge in [-0.2, -0.15) is 5.10 Å². The topological polar surface area (TPSA) is 65.4 Å². The van der Waals surface area contributed by atoms with Gasteiger partial charge in [-0.05, 0) is 31.5 Å². The molecule has 0 saturated heterocycles. The molecule has 1 aromatic heterocycles. The van der Waals surface area contributed by atoms with Crippen molar-refractivity contribution in [2.24, 2.45) is 0 Å². The van der Waals surface area contributed by atoms with Gasteiger partial charge in [0.05, 0.1) is 17.9 Å². The molecular weight excluding hydrogens is 306 g/mol. The normalized spacial score (nSPS) is 12.7. The lowest BCUT2D eigenvalue weighted by Gasteiger charge is -2.12. The van der Waals surface area contributed by atoms with Crippen molar-refractivity contribution in [3.8, 4) is 11.5 Å². The molecule has 7 heteroatoms. The lowest BCUT2D eigenvalue weighted by Crippen LogP contribution is -2.25. The second-order valence-corrected chi connectivity index (χ2v) is 5.63. The molecule has 2 heterocycles. The van der Waals surface area contributed by atoms with Crippen molar-refractivity contribution in [1.29, 1.82) is 0 Å². The molecule has 1 N–H and O–H groups in total. The van der Waals surface area contributed by atoms with E-state index in [1.165, 1.54) is 4.68 Å². The van der Waals surface area contributed by atoms with Crippen molar-refractivity contribution in [2.45, 2.75) is 26.4 Å². The summed E-state index contributed by atoms with van der Waals surface area (Å²) in [6.07, 6.45) is 1.57. The fraction of sp³-hybridized carbons (Fsp3) is 0.333. The monoisotopic (exact) mass is 321 g/mol. The molecule has 116 valence electrons. The summed E-state index contributed by atoms with van der Waals surface area (Å²) in [5.41, 5.74) is 1.21. The number of ether oxygens (including phenoxy) is 2. The zero-order chi connectivity index (χ0) is 15.7. The number of nitrogens with one attached hydrogen (secondary N) is 1. The average molecular weight is 322 g/mol. The predicted molar refractivity (Wildman–Crippen MR) is 83.8 cm³/mol. The maximum absolute atomic E-state index is 12.1. The first kappa shape index (κ1) is 14.7. The first-order valence-corrected chi connectivity index (χ1v) is 7.34. The highest BCUT2D eigenvalue weighted by molar-refractivity contribution is 6.32. The van der Waals surface area contributed by atoms with Crippen molar-refractivity contribution < 1.29 is 9.47 Å². The van der Waals surface area contributed by atoms with E-state index in [0.717, 1.165) is 17.1 Å². The van der Waals surface area contributed by atoms with E-state index in [1.807, 2.05) is 32.0 Å². The number of hydrogen-bond acceptors (Lipinski definition) is 5. The molecule has 0 unspecified atom stereocenters. The van der Waals surface area contributed by atoms with Crippen LogP contribution in [0.3, 0.4) is 0 Å². The SMILES string of the molecule is CC(C)n1ncc(NCc2ccc3c(c2)OCO3)c(Cl)c1=O. The van der Waals surface area contributed by atoms with E-state index < -0.39 is 0 Å². The largest absolute Gasteiger partial charge is 0.454 e. The van der Waals surface area contributed by atoms with Crippen LogP contribution in [0.5, 0.6) is 11.5 Å². The number of rotatable bonds is 4. The first-order chi connectivity index (χ1) is 10.6. The van der Waals surface area contributed by atoms with Gasteiger partial charge in [-0.25, -0.2) is 4.68 Å². The highest BCUT2D eigenvalue weighted by Gasteiger charge is 2.14. The molecule has 1 aromatic carbocycles. The zero-order valence-electron chi connectivity index (χ0n) is 12.3. The van der Waals surface area contributed by atoms with Gasteiger partial charge in [-0.1, -0.05) is 17.7 Å². The summed E-state index contributed by atoms with van der Waals surface area (Å²) in [4.78, 5) is 12.1. The maximum atomic E-state index is 12.1. The standard InChI is InChI=1S/C15H16ClN3O3/c1-9(2)19-15(20)14(16)11(7-18-19)17-6-10-3-4-12-13(5-10)22-8-21-12/h3-5,7,9,17H,6,8H2,1-2H3. The van der Waals surface area contributed by atoms with E-state index in [-0.39, 0.29) is 23.4 Å². The molecule has 0 spiro atoms. The summed E-state index contributed by atoms with van der Waals surface area (Å²) in [5, 5.41) is 7.39. The molecule has 0 saturated carbocycles. The lowest BCUT2D eigenvalue weighted by atomic mass is 10.2. The molecule has 0 fully saturated rings. The van der Waals surface area contributed by atoms with Crippen LogP contribution < -0.4 is 20.3 Å². The van der Waals surface area contributed by atoms with E-state index in [4.69, 9.17) is 21.1 Å². The summed E-state index contributed by atoms with van der Waals surface area (Å²) in [6, 6.07) is 5.65. The molecule has 0 radical (unpaired) electrons. The first-order valence-electron chi connectivity index (χ1n) is 6.96. The Morgan fingerprint density at radius 1 is 1.36 bits per heavy atom. The van der Waals surface area contributed by atoms with E-state index in [2.05, 4.69) is 10.4 Å². The number of hydrogen-bond donors (Lipinski definition) is 1. The van der Waals surface area contributed by atoms with Gasteiger partial charge in [0, 0.05) is 6.54 Å². The van der Waals surface area contributed by atoms with Gasteiger partial charge in [-0.15, -0.1) is 0 Å². The van der Waals surface area contributed by atoms with Crippen LogP contribution in [0, 0.1) is 0 Å². The Labute approximate surface area is 132 Å². The van der Waals surface area contributed by atoms with Gasteiger partial charge in [0.1, 0.15) is 5.02 Å². The van der Waals surface area contributed by atoms with Crippen LogP contribution in [0.2, 0.25) is 5.02 Å². The maximum Gasteiger partial charge on any atom is 0.287 e. The summed E-state index contributed by atoms with van der Waals surface area (Å²) in [5.74, 6) is 1.46. The van der Waals surface area contributed by atoms with Crippen molar-refractivity contribution >= 4 is 17.3 Å². The minimum absolute atomic E-state index is 0.0343. The van der Waals surface area contributed by atoms with Crippen molar-refractivity contribution in [1.82, 2.24) is 9.78 Å². The Hall–Kier alpha value is -2.21. The Morgan fingerprint density at radius 3 is 2.91 bits per heavy atom. The summed E-state index contributed by atoms with van der Waals surface area (Å²) in [7, 11) is 0. The van der Waals surface area contributed by atoms with Crippen molar-refractivity contribution in [2.75, 3.05) is 12.1 Å². The van der Waals surface area contributed by atoms with Crippen LogP contribution in [0.25, 0.3) is 0 Å². The number of aromatic nitrogens is 2. The number of halogens is 1. The number of anilines is 1. The Balaban J connectivity index is 1.77. The molecule has 3 rings (SSSR count). The highest BCUT2D eigenvalue weighted by Crippen LogP contribution is 2.32. The van der Waals surface area contributed by atoms with Gasteiger partial charge < -0.3 is 14.8 Å². The van der Waals surface area contributed by atoms with Gasteiger partial charge in [0.2, 0.25) is 6.79 Å². The fourth-order valence-corrected chi connectivity index (χ4v) is 2.39. The molecule has 0 aliphatic carbocycles.